The minimum absolute atomic E-state index is 0.224. The summed E-state index contributed by atoms with van der Waals surface area (Å²) in [6, 6.07) is 8.25. The molecule has 8 nitrogen and oxygen atoms in total. The number of carbonyl (C=O) groups is 2. The van der Waals surface area contributed by atoms with Crippen LogP contribution in [0.3, 0.4) is 0 Å². The van der Waals surface area contributed by atoms with Crippen LogP contribution >= 0.6 is 0 Å². The highest BCUT2D eigenvalue weighted by Crippen LogP contribution is 2.37. The van der Waals surface area contributed by atoms with Crippen molar-refractivity contribution in [2.24, 2.45) is 0 Å². The lowest BCUT2D eigenvalue weighted by atomic mass is 10.0. The fourth-order valence-corrected chi connectivity index (χ4v) is 5.35. The van der Waals surface area contributed by atoms with Crippen LogP contribution in [-0.4, -0.2) is 45.3 Å². The minimum Gasteiger partial charge on any atom is -0.494 e. The Balaban J connectivity index is 1.38. The van der Waals surface area contributed by atoms with Crippen molar-refractivity contribution in [1.29, 1.82) is 0 Å². The van der Waals surface area contributed by atoms with Gasteiger partial charge in [0.05, 0.1) is 49.1 Å². The van der Waals surface area contributed by atoms with Crippen molar-refractivity contribution in [3.8, 4) is 11.6 Å². The van der Waals surface area contributed by atoms with Gasteiger partial charge in [0.2, 0.25) is 5.88 Å². The summed E-state index contributed by atoms with van der Waals surface area (Å²) in [6.07, 6.45) is 13.5. The number of pyridine rings is 1. The van der Waals surface area contributed by atoms with Gasteiger partial charge in [0, 0.05) is 29.0 Å². The number of amides is 1. The summed E-state index contributed by atoms with van der Waals surface area (Å²) in [6.45, 7) is 0.321. The fraction of sp³-hybridized carbons (Fsp3) is 0.250. The number of aromatic amines is 1. The first-order chi connectivity index (χ1) is 17.6. The summed E-state index contributed by atoms with van der Waals surface area (Å²) in [5.74, 6) is -0.517. The number of hydrogen-bond donors (Lipinski definition) is 1. The Morgan fingerprint density at radius 3 is 2.75 bits per heavy atom. The summed E-state index contributed by atoms with van der Waals surface area (Å²) in [5.41, 5.74) is 5.28. The van der Waals surface area contributed by atoms with Crippen molar-refractivity contribution < 1.29 is 19.1 Å². The smallest absolute Gasteiger partial charge is 0.299 e. The number of methoxy groups -OCH3 is 2. The van der Waals surface area contributed by atoms with E-state index in [2.05, 4.69) is 32.7 Å². The van der Waals surface area contributed by atoms with Crippen LogP contribution in [0.4, 0.5) is 0 Å². The van der Waals surface area contributed by atoms with Crippen LogP contribution in [0.1, 0.15) is 47.3 Å². The van der Waals surface area contributed by atoms with Crippen molar-refractivity contribution in [2.45, 2.75) is 32.2 Å². The Kier molecular flexibility index (Phi) is 5.36. The number of ketones is 1. The van der Waals surface area contributed by atoms with Gasteiger partial charge in [0.25, 0.3) is 11.7 Å². The van der Waals surface area contributed by atoms with Crippen LogP contribution in [0.5, 0.6) is 11.6 Å². The quantitative estimate of drug-likeness (QED) is 0.314. The van der Waals surface area contributed by atoms with Gasteiger partial charge in [-0.2, -0.15) is 0 Å². The summed E-state index contributed by atoms with van der Waals surface area (Å²) >= 11 is 0. The number of aromatic nitrogens is 3. The molecule has 1 aromatic carbocycles. The average Bonchev–Trinajstić information content (AvgIpc) is 3.52. The Labute approximate surface area is 207 Å². The van der Waals surface area contributed by atoms with Gasteiger partial charge >= 0.3 is 0 Å². The van der Waals surface area contributed by atoms with Crippen molar-refractivity contribution in [1.82, 2.24) is 19.4 Å². The number of allylic oxidation sites excluding steroid dienone is 2. The largest absolute Gasteiger partial charge is 0.494 e. The third kappa shape index (κ3) is 3.32. The van der Waals surface area contributed by atoms with E-state index < -0.39 is 11.7 Å². The summed E-state index contributed by atoms with van der Waals surface area (Å²) in [5, 5.41) is 1.57. The highest BCUT2D eigenvalue weighted by Gasteiger charge is 2.31. The molecule has 0 saturated carbocycles. The monoisotopic (exact) mass is 482 g/mol. The lowest BCUT2D eigenvalue weighted by Gasteiger charge is -2.23. The number of nitrogens with zero attached hydrogens (tertiary/aromatic N) is 3. The Hall–Kier alpha value is -4.33. The van der Waals surface area contributed by atoms with Gasteiger partial charge < -0.3 is 23.9 Å². The molecule has 0 atom stereocenters. The van der Waals surface area contributed by atoms with E-state index >= 15 is 0 Å². The van der Waals surface area contributed by atoms with Crippen LogP contribution in [-0.2, 0) is 11.3 Å². The van der Waals surface area contributed by atoms with E-state index in [4.69, 9.17) is 9.47 Å². The van der Waals surface area contributed by atoms with Gasteiger partial charge in [-0.1, -0.05) is 24.3 Å². The van der Waals surface area contributed by atoms with E-state index in [1.807, 2.05) is 18.2 Å². The Morgan fingerprint density at radius 1 is 1.11 bits per heavy atom. The molecule has 36 heavy (non-hydrogen) atoms. The van der Waals surface area contributed by atoms with Crippen molar-refractivity contribution in [3.05, 3.63) is 65.8 Å². The highest BCUT2D eigenvalue weighted by atomic mass is 16.5. The van der Waals surface area contributed by atoms with Gasteiger partial charge in [-0.05, 0) is 37.8 Å². The zero-order valence-corrected chi connectivity index (χ0v) is 20.2. The topological polar surface area (TPSA) is 89.4 Å². The maximum Gasteiger partial charge on any atom is 0.299 e. The molecule has 4 heterocycles. The van der Waals surface area contributed by atoms with E-state index in [1.54, 1.807) is 6.20 Å². The molecule has 0 saturated heterocycles. The normalized spacial score (nSPS) is 15.2. The van der Waals surface area contributed by atoms with Crippen LogP contribution in [0, 0.1) is 0 Å². The summed E-state index contributed by atoms with van der Waals surface area (Å²) in [7, 11) is 3.00. The van der Waals surface area contributed by atoms with E-state index in [0.29, 0.717) is 29.1 Å². The molecule has 2 aliphatic rings. The predicted molar refractivity (Wildman–Crippen MR) is 138 cm³/mol. The summed E-state index contributed by atoms with van der Waals surface area (Å²) < 4.78 is 13.0. The molecule has 8 heteroatoms. The molecule has 1 N–H and O–H groups in total. The number of rotatable bonds is 5. The van der Waals surface area contributed by atoms with Gasteiger partial charge in [0.1, 0.15) is 11.3 Å². The first-order valence-corrected chi connectivity index (χ1v) is 12.1. The molecule has 1 amide bonds. The molecule has 3 aromatic heterocycles. The lowest BCUT2D eigenvalue weighted by molar-refractivity contribution is -0.124. The molecule has 0 bridgehead atoms. The van der Waals surface area contributed by atoms with E-state index in [0.717, 1.165) is 35.0 Å². The molecule has 0 unspecified atom stereocenters. The second-order valence-corrected chi connectivity index (χ2v) is 9.02. The van der Waals surface area contributed by atoms with E-state index in [9.17, 15) is 9.59 Å². The number of carbonyl (C=O) groups excluding carboxylic acids is 2. The second kappa shape index (κ2) is 8.71. The number of Topliss-reactive ketones (excluding diaryl/α,β-unsaturated/α-hetero) is 1. The first-order valence-electron chi connectivity index (χ1n) is 12.1. The number of hydrogen-bond acceptors (Lipinski definition) is 5. The number of para-hydroxylation sites is 1. The van der Waals surface area contributed by atoms with Crippen LogP contribution in [0.2, 0.25) is 0 Å². The second-order valence-electron chi connectivity index (χ2n) is 9.02. The maximum absolute atomic E-state index is 13.5. The molecule has 0 spiro atoms. The van der Waals surface area contributed by atoms with Gasteiger partial charge in [-0.25, -0.2) is 4.98 Å². The van der Waals surface area contributed by atoms with Crippen LogP contribution < -0.4 is 9.47 Å². The van der Waals surface area contributed by atoms with Gasteiger partial charge in [-0.15, -0.1) is 0 Å². The predicted octanol–water partition coefficient (Wildman–Crippen LogP) is 5.15. The molecule has 182 valence electrons. The molecule has 0 radical (unpaired) electrons. The highest BCUT2D eigenvalue weighted by molar-refractivity contribution is 6.45. The van der Waals surface area contributed by atoms with Crippen molar-refractivity contribution >= 4 is 45.3 Å². The standard InChI is InChI=1S/C28H26N4O4/c1-35-23-15-30-27(36-2)25-24(23)19(14-29-25)26(33)28(34)31-13-12-22-20(16-31)18-10-6-7-11-21(18)32(22)17-8-4-3-5-9-17/h6-8,10-15,29H,3-5,9,16H2,1-2H3. The number of H-pyrrole nitrogens is 1. The molecule has 1 aliphatic heterocycles. The fourth-order valence-electron chi connectivity index (χ4n) is 5.35. The van der Waals surface area contributed by atoms with Crippen molar-refractivity contribution in [3.63, 3.8) is 0 Å². The van der Waals surface area contributed by atoms with E-state index in [-0.39, 0.29) is 5.56 Å². The maximum atomic E-state index is 13.5. The first kappa shape index (κ1) is 22.2. The third-order valence-electron chi connectivity index (χ3n) is 7.07. The molecule has 0 fully saturated rings. The molecular formula is C28H26N4O4. The van der Waals surface area contributed by atoms with Crippen molar-refractivity contribution in [2.75, 3.05) is 14.2 Å². The lowest BCUT2D eigenvalue weighted by Crippen LogP contribution is -2.33. The third-order valence-corrected chi connectivity index (χ3v) is 7.07. The SMILES string of the molecule is COc1ncc(OC)c2c(C(=O)C(=O)N3C=Cc4c(c5ccccc5n4C4=CCCCC4)C3)c[nH]c12. The molecular weight excluding hydrogens is 456 g/mol. The number of nitrogens with one attached hydrogen (secondary N) is 1. The number of benzene rings is 1. The van der Waals surface area contributed by atoms with E-state index in [1.165, 1.54) is 50.1 Å². The molecule has 4 aromatic rings. The average molecular weight is 483 g/mol. The minimum atomic E-state index is -0.625. The molecule has 6 rings (SSSR count). The molecule has 1 aliphatic carbocycles. The number of fused-ring (bicyclic) bond motifs is 4. The van der Waals surface area contributed by atoms with Gasteiger partial charge in [-0.3, -0.25) is 9.59 Å². The zero-order chi connectivity index (χ0) is 24.8. The Bertz CT molecular complexity index is 1590. The summed E-state index contributed by atoms with van der Waals surface area (Å²) in [4.78, 5) is 35.6. The zero-order valence-electron chi connectivity index (χ0n) is 20.2. The Morgan fingerprint density at radius 2 is 1.97 bits per heavy atom. The van der Waals surface area contributed by atoms with Gasteiger partial charge in [0.15, 0.2) is 0 Å². The van der Waals surface area contributed by atoms with Crippen LogP contribution in [0.15, 0.2) is 48.9 Å². The number of ether oxygens (including phenoxy) is 2. The van der Waals surface area contributed by atoms with Crippen LogP contribution in [0.25, 0.3) is 33.6 Å².